The van der Waals surface area contributed by atoms with Gasteiger partial charge in [-0.05, 0) is 60.5 Å². The van der Waals surface area contributed by atoms with Gasteiger partial charge in [-0.25, -0.2) is 0 Å². The summed E-state index contributed by atoms with van der Waals surface area (Å²) in [6.07, 6.45) is 9.52. The predicted molar refractivity (Wildman–Crippen MR) is 132 cm³/mol. The third-order valence-corrected chi connectivity index (χ3v) is 9.37. The van der Waals surface area contributed by atoms with Gasteiger partial charge in [-0.1, -0.05) is 73.5 Å². The van der Waals surface area contributed by atoms with Gasteiger partial charge in [0.25, 0.3) is 0 Å². The van der Waals surface area contributed by atoms with Gasteiger partial charge in [-0.3, -0.25) is 9.59 Å². The molecule has 0 aromatic heterocycles. The SMILES string of the molecule is O=C([C@H]1CC12CCC2)N(CCN(Cc1ccccc1)C(=O)[C@H]1CC12CCC2)Cc1ccccc1. The van der Waals surface area contributed by atoms with Crippen molar-refractivity contribution in [1.29, 1.82) is 0 Å². The van der Waals surface area contributed by atoms with Crippen molar-refractivity contribution in [3.05, 3.63) is 71.8 Å². The zero-order valence-corrected chi connectivity index (χ0v) is 20.1. The highest BCUT2D eigenvalue weighted by atomic mass is 16.2. The molecule has 0 bridgehead atoms. The smallest absolute Gasteiger partial charge is 0.226 e. The van der Waals surface area contributed by atoms with Gasteiger partial charge in [0.2, 0.25) is 11.8 Å². The van der Waals surface area contributed by atoms with Crippen molar-refractivity contribution >= 4 is 11.8 Å². The molecule has 0 saturated heterocycles. The molecule has 4 saturated carbocycles. The second-order valence-electron chi connectivity index (χ2n) is 11.4. The first kappa shape index (κ1) is 21.9. The minimum absolute atomic E-state index is 0.199. The summed E-state index contributed by atoms with van der Waals surface area (Å²) >= 11 is 0. The Hall–Kier alpha value is -2.62. The molecule has 2 aromatic rings. The Morgan fingerprint density at radius 2 is 1.03 bits per heavy atom. The molecule has 0 heterocycles. The van der Waals surface area contributed by atoms with E-state index in [2.05, 4.69) is 24.3 Å². The van der Waals surface area contributed by atoms with Crippen LogP contribution in [0.4, 0.5) is 0 Å². The summed E-state index contributed by atoms with van der Waals surface area (Å²) in [5.74, 6) is 1.00. The Balaban J connectivity index is 1.17. The van der Waals surface area contributed by atoms with Crippen molar-refractivity contribution < 1.29 is 9.59 Å². The van der Waals surface area contributed by atoms with Crippen LogP contribution in [0.5, 0.6) is 0 Å². The van der Waals surface area contributed by atoms with E-state index >= 15 is 0 Å². The summed E-state index contributed by atoms with van der Waals surface area (Å²) in [5, 5.41) is 0. The molecule has 4 aliphatic carbocycles. The van der Waals surface area contributed by atoms with Crippen LogP contribution in [-0.4, -0.2) is 34.7 Å². The Bertz CT molecular complexity index is 956. The summed E-state index contributed by atoms with van der Waals surface area (Å²) in [6, 6.07) is 20.6. The normalized spacial score (nSPS) is 24.7. The summed E-state index contributed by atoms with van der Waals surface area (Å²) < 4.78 is 0. The van der Waals surface area contributed by atoms with Gasteiger partial charge in [0.1, 0.15) is 0 Å². The lowest BCUT2D eigenvalue weighted by Gasteiger charge is -2.32. The van der Waals surface area contributed by atoms with Crippen molar-refractivity contribution in [1.82, 2.24) is 9.80 Å². The molecule has 2 amide bonds. The minimum Gasteiger partial charge on any atom is -0.336 e. The summed E-state index contributed by atoms with van der Waals surface area (Å²) in [4.78, 5) is 31.3. The van der Waals surface area contributed by atoms with Crippen LogP contribution < -0.4 is 0 Å². The molecule has 2 spiro atoms. The first-order chi connectivity index (χ1) is 16.6. The summed E-state index contributed by atoms with van der Waals surface area (Å²) in [7, 11) is 0. The van der Waals surface area contributed by atoms with Gasteiger partial charge in [0, 0.05) is 38.0 Å². The number of rotatable bonds is 9. The third-order valence-electron chi connectivity index (χ3n) is 9.37. The quantitative estimate of drug-likeness (QED) is 0.505. The highest BCUT2D eigenvalue weighted by Gasteiger charge is 2.62. The maximum Gasteiger partial charge on any atom is 0.226 e. The number of carbonyl (C=O) groups excluding carboxylic acids is 2. The van der Waals surface area contributed by atoms with E-state index in [0.29, 0.717) is 48.8 Å². The van der Waals surface area contributed by atoms with E-state index in [1.165, 1.54) is 38.5 Å². The monoisotopic (exact) mass is 456 g/mol. The Morgan fingerprint density at radius 3 is 1.32 bits per heavy atom. The van der Waals surface area contributed by atoms with Gasteiger partial charge in [-0.2, -0.15) is 0 Å². The lowest BCUT2D eigenvalue weighted by Crippen LogP contribution is -2.43. The maximum absolute atomic E-state index is 13.6. The molecule has 2 aromatic carbocycles. The molecule has 0 radical (unpaired) electrons. The summed E-state index contributed by atoms with van der Waals surface area (Å²) in [5.41, 5.74) is 2.96. The van der Waals surface area contributed by atoms with Crippen molar-refractivity contribution in [3.8, 4) is 0 Å². The fourth-order valence-corrected chi connectivity index (χ4v) is 6.58. The minimum atomic E-state index is 0.199. The average Bonchev–Trinajstić information content (AvgIpc) is 3.72. The lowest BCUT2D eigenvalue weighted by atomic mass is 9.79. The van der Waals surface area contributed by atoms with Crippen LogP contribution in [0.2, 0.25) is 0 Å². The third kappa shape index (κ3) is 4.06. The number of hydrogen-bond acceptors (Lipinski definition) is 2. The summed E-state index contributed by atoms with van der Waals surface area (Å²) in [6.45, 7) is 2.48. The Kier molecular flexibility index (Phi) is 5.50. The van der Waals surface area contributed by atoms with E-state index in [1.54, 1.807) is 0 Å². The van der Waals surface area contributed by atoms with Gasteiger partial charge >= 0.3 is 0 Å². The van der Waals surface area contributed by atoms with Gasteiger partial charge in [0.15, 0.2) is 0 Å². The van der Waals surface area contributed by atoms with Crippen LogP contribution in [0.3, 0.4) is 0 Å². The van der Waals surface area contributed by atoms with Crippen LogP contribution in [0.25, 0.3) is 0 Å². The molecule has 0 aliphatic heterocycles. The molecule has 4 nitrogen and oxygen atoms in total. The molecule has 4 aliphatic rings. The maximum atomic E-state index is 13.6. The Morgan fingerprint density at radius 1 is 0.647 bits per heavy atom. The number of benzene rings is 2. The topological polar surface area (TPSA) is 40.6 Å². The van der Waals surface area contributed by atoms with Gasteiger partial charge in [0.05, 0.1) is 0 Å². The molecule has 4 heteroatoms. The fraction of sp³-hybridized carbons (Fsp3) is 0.533. The molecule has 0 N–H and O–H groups in total. The highest BCUT2D eigenvalue weighted by molar-refractivity contribution is 5.84. The van der Waals surface area contributed by atoms with Crippen LogP contribution in [0, 0.1) is 22.7 Å². The van der Waals surface area contributed by atoms with Crippen molar-refractivity contribution in [3.63, 3.8) is 0 Å². The van der Waals surface area contributed by atoms with Crippen molar-refractivity contribution in [2.45, 2.75) is 64.5 Å². The van der Waals surface area contributed by atoms with E-state index in [1.807, 2.05) is 46.2 Å². The Labute approximate surface area is 203 Å². The van der Waals surface area contributed by atoms with E-state index in [9.17, 15) is 9.59 Å². The van der Waals surface area contributed by atoms with E-state index < -0.39 is 0 Å². The highest BCUT2D eigenvalue weighted by Crippen LogP contribution is 2.66. The van der Waals surface area contributed by atoms with Gasteiger partial charge < -0.3 is 9.80 Å². The number of carbonyl (C=O) groups is 2. The van der Waals surface area contributed by atoms with E-state index in [-0.39, 0.29) is 11.8 Å². The molecular formula is C30H36N2O2. The zero-order chi connectivity index (χ0) is 23.2. The standard InChI is InChI=1S/C30H36N2O2/c33-27(25-19-29(25)13-7-14-29)31(21-23-9-3-1-4-10-23)17-18-32(22-24-11-5-2-6-12-24)28(34)26-20-30(26)15-8-16-30/h1-6,9-12,25-26H,7-8,13-22H2/t25-,26-/m1/s1. The van der Waals surface area contributed by atoms with Crippen LogP contribution in [-0.2, 0) is 22.7 Å². The van der Waals surface area contributed by atoms with Crippen LogP contribution in [0.15, 0.2) is 60.7 Å². The molecular weight excluding hydrogens is 420 g/mol. The van der Waals surface area contributed by atoms with Crippen LogP contribution in [0.1, 0.15) is 62.5 Å². The lowest BCUT2D eigenvalue weighted by molar-refractivity contribution is -0.139. The zero-order valence-electron chi connectivity index (χ0n) is 20.1. The molecule has 34 heavy (non-hydrogen) atoms. The molecule has 0 unspecified atom stereocenters. The van der Waals surface area contributed by atoms with E-state index in [4.69, 9.17) is 0 Å². The second kappa shape index (κ2) is 8.55. The fourth-order valence-electron chi connectivity index (χ4n) is 6.58. The molecule has 4 fully saturated rings. The average molecular weight is 457 g/mol. The number of amides is 2. The largest absolute Gasteiger partial charge is 0.336 e. The number of hydrogen-bond donors (Lipinski definition) is 0. The van der Waals surface area contributed by atoms with Crippen LogP contribution >= 0.6 is 0 Å². The van der Waals surface area contributed by atoms with Gasteiger partial charge in [-0.15, -0.1) is 0 Å². The van der Waals surface area contributed by atoms with E-state index in [0.717, 1.165) is 24.0 Å². The van der Waals surface area contributed by atoms with Crippen molar-refractivity contribution in [2.75, 3.05) is 13.1 Å². The molecule has 2 atom stereocenters. The first-order valence-corrected chi connectivity index (χ1v) is 13.2. The predicted octanol–water partition coefficient (Wildman–Crippen LogP) is 5.42. The second-order valence-corrected chi connectivity index (χ2v) is 11.4. The number of nitrogens with zero attached hydrogens (tertiary/aromatic N) is 2. The first-order valence-electron chi connectivity index (χ1n) is 13.2. The van der Waals surface area contributed by atoms with Crippen molar-refractivity contribution in [2.24, 2.45) is 22.7 Å². The molecule has 178 valence electrons. The molecule has 6 rings (SSSR count).